The molecule has 5 rings (SSSR count). The molecule has 0 bridgehead atoms. The van der Waals surface area contributed by atoms with E-state index in [2.05, 4.69) is 10.3 Å². The standard InChI is InChI=1S/C29H28N4O3S/c1-5-36-21-12-10-20(11-13-21)33-28(35)27-26(22-8-6-7-9-23(22)30-27)32-29(33)37-16-24(34)31-25-18(3)14-17(2)15-19(25)4/h6-15,30H,5,16H2,1-4H3,(H,31,34). The topological polar surface area (TPSA) is 89.0 Å². The number of aryl methyl sites for hydroxylation is 3. The molecular formula is C29H28N4O3S. The first-order valence-corrected chi connectivity index (χ1v) is 13.1. The fourth-order valence-corrected chi connectivity index (χ4v) is 5.41. The number of anilines is 1. The van der Waals surface area contributed by atoms with Crippen LogP contribution in [-0.4, -0.2) is 32.8 Å². The fraction of sp³-hybridized carbons (Fsp3) is 0.207. The van der Waals surface area contributed by atoms with Crippen molar-refractivity contribution in [2.24, 2.45) is 0 Å². The van der Waals surface area contributed by atoms with Gasteiger partial charge in [-0.25, -0.2) is 4.98 Å². The monoisotopic (exact) mass is 512 g/mol. The number of ether oxygens (including phenoxy) is 1. The summed E-state index contributed by atoms with van der Waals surface area (Å²) in [6, 6.07) is 19.1. The molecule has 0 fully saturated rings. The molecule has 2 heterocycles. The molecule has 7 nitrogen and oxygen atoms in total. The first kappa shape index (κ1) is 24.6. The Kier molecular flexibility index (Phi) is 6.76. The number of para-hydroxylation sites is 1. The molecule has 0 aliphatic rings. The van der Waals surface area contributed by atoms with Crippen LogP contribution in [0.3, 0.4) is 0 Å². The number of hydrogen-bond donors (Lipinski definition) is 2. The van der Waals surface area contributed by atoms with E-state index in [1.54, 1.807) is 4.57 Å². The molecule has 5 aromatic rings. The number of nitrogens with one attached hydrogen (secondary N) is 2. The van der Waals surface area contributed by atoms with E-state index in [1.807, 2.05) is 88.4 Å². The highest BCUT2D eigenvalue weighted by molar-refractivity contribution is 7.99. The van der Waals surface area contributed by atoms with Gasteiger partial charge >= 0.3 is 0 Å². The lowest BCUT2D eigenvalue weighted by molar-refractivity contribution is -0.113. The van der Waals surface area contributed by atoms with Crippen molar-refractivity contribution < 1.29 is 9.53 Å². The summed E-state index contributed by atoms with van der Waals surface area (Å²) in [7, 11) is 0. The molecule has 0 aliphatic carbocycles. The summed E-state index contributed by atoms with van der Waals surface area (Å²) in [4.78, 5) is 34.8. The smallest absolute Gasteiger partial charge is 0.283 e. The third-order valence-corrected chi connectivity index (χ3v) is 7.11. The number of H-pyrrole nitrogens is 1. The Hall–Kier alpha value is -4.04. The van der Waals surface area contributed by atoms with Crippen molar-refractivity contribution >= 4 is 45.3 Å². The first-order chi connectivity index (χ1) is 17.9. The molecule has 0 saturated heterocycles. The average Bonchev–Trinajstić information content (AvgIpc) is 3.25. The molecule has 0 spiro atoms. The van der Waals surface area contributed by atoms with Gasteiger partial charge in [0.2, 0.25) is 5.91 Å². The summed E-state index contributed by atoms with van der Waals surface area (Å²) in [5, 5.41) is 4.35. The number of thioether (sulfide) groups is 1. The molecule has 2 aromatic heterocycles. The molecule has 0 aliphatic heterocycles. The first-order valence-electron chi connectivity index (χ1n) is 12.1. The molecular weight excluding hydrogens is 484 g/mol. The average molecular weight is 513 g/mol. The molecule has 188 valence electrons. The molecule has 0 atom stereocenters. The summed E-state index contributed by atoms with van der Waals surface area (Å²) in [6.45, 7) is 8.48. The van der Waals surface area contributed by atoms with E-state index in [-0.39, 0.29) is 17.2 Å². The molecule has 0 unspecified atom stereocenters. The molecule has 1 amide bonds. The van der Waals surface area contributed by atoms with Crippen molar-refractivity contribution in [2.45, 2.75) is 32.9 Å². The summed E-state index contributed by atoms with van der Waals surface area (Å²) >= 11 is 1.23. The number of aromatic nitrogens is 3. The second-order valence-corrected chi connectivity index (χ2v) is 9.91. The third-order valence-electron chi connectivity index (χ3n) is 6.17. The second kappa shape index (κ2) is 10.1. The van der Waals surface area contributed by atoms with Crippen LogP contribution in [0.1, 0.15) is 23.6 Å². The minimum atomic E-state index is -0.224. The number of amides is 1. The van der Waals surface area contributed by atoms with E-state index in [0.717, 1.165) is 39.0 Å². The summed E-state index contributed by atoms with van der Waals surface area (Å²) < 4.78 is 7.11. The summed E-state index contributed by atoms with van der Waals surface area (Å²) in [5.41, 5.74) is 6.28. The van der Waals surface area contributed by atoms with Gasteiger partial charge in [0.1, 0.15) is 16.8 Å². The van der Waals surface area contributed by atoms with E-state index in [4.69, 9.17) is 9.72 Å². The van der Waals surface area contributed by atoms with E-state index >= 15 is 0 Å². The van der Waals surface area contributed by atoms with Crippen LogP contribution in [-0.2, 0) is 4.79 Å². The van der Waals surface area contributed by atoms with Crippen molar-refractivity contribution in [3.63, 3.8) is 0 Å². The number of rotatable bonds is 7. The number of carbonyl (C=O) groups is 1. The van der Waals surface area contributed by atoms with Gasteiger partial charge in [-0.2, -0.15) is 0 Å². The molecule has 3 aromatic carbocycles. The van der Waals surface area contributed by atoms with Crippen molar-refractivity contribution in [3.8, 4) is 11.4 Å². The molecule has 8 heteroatoms. The van der Waals surface area contributed by atoms with Crippen LogP contribution in [0.25, 0.3) is 27.6 Å². The van der Waals surface area contributed by atoms with Crippen LogP contribution in [0.15, 0.2) is 70.6 Å². The molecule has 0 radical (unpaired) electrons. The van der Waals surface area contributed by atoms with Gasteiger partial charge in [-0.1, -0.05) is 47.7 Å². The predicted molar refractivity (Wildman–Crippen MR) is 150 cm³/mol. The third kappa shape index (κ3) is 4.84. The van der Waals surface area contributed by atoms with Gasteiger partial charge in [-0.3, -0.25) is 14.2 Å². The Morgan fingerprint density at radius 1 is 1.05 bits per heavy atom. The van der Waals surface area contributed by atoms with Gasteiger partial charge < -0.3 is 15.0 Å². The molecule has 0 saturated carbocycles. The van der Waals surface area contributed by atoms with Crippen molar-refractivity contribution in [1.29, 1.82) is 0 Å². The molecule has 2 N–H and O–H groups in total. The number of benzene rings is 3. The van der Waals surface area contributed by atoms with E-state index in [1.165, 1.54) is 11.8 Å². The SMILES string of the molecule is CCOc1ccc(-n2c(SCC(=O)Nc3c(C)cc(C)cc3C)nc3c([nH]c4ccccc43)c2=O)cc1. The maximum atomic E-state index is 13.7. The number of nitrogens with zero attached hydrogens (tertiary/aromatic N) is 2. The highest BCUT2D eigenvalue weighted by Gasteiger charge is 2.19. The number of fused-ring (bicyclic) bond motifs is 3. The van der Waals surface area contributed by atoms with Gasteiger partial charge in [0.05, 0.1) is 18.0 Å². The number of hydrogen-bond acceptors (Lipinski definition) is 5. The fourth-order valence-electron chi connectivity index (χ4n) is 4.61. The highest BCUT2D eigenvalue weighted by atomic mass is 32.2. The quantitative estimate of drug-likeness (QED) is 0.209. The maximum Gasteiger partial charge on any atom is 0.283 e. The van der Waals surface area contributed by atoms with Gasteiger partial charge in [-0.05, 0) is 69.2 Å². The number of aromatic amines is 1. The zero-order chi connectivity index (χ0) is 26.1. The van der Waals surface area contributed by atoms with Gasteiger partial charge in [0, 0.05) is 16.6 Å². The largest absolute Gasteiger partial charge is 0.494 e. The Morgan fingerprint density at radius 3 is 2.46 bits per heavy atom. The number of carbonyl (C=O) groups excluding carboxylic acids is 1. The lowest BCUT2D eigenvalue weighted by atomic mass is 10.1. The van der Waals surface area contributed by atoms with E-state index in [9.17, 15) is 9.59 Å². The van der Waals surface area contributed by atoms with Crippen LogP contribution < -0.4 is 15.6 Å². The van der Waals surface area contributed by atoms with E-state index in [0.29, 0.717) is 28.5 Å². The second-order valence-electron chi connectivity index (χ2n) is 8.97. The zero-order valence-electron chi connectivity index (χ0n) is 21.2. The lowest BCUT2D eigenvalue weighted by Gasteiger charge is -2.14. The van der Waals surface area contributed by atoms with Gasteiger partial charge in [0.25, 0.3) is 5.56 Å². The van der Waals surface area contributed by atoms with Crippen LogP contribution in [0.4, 0.5) is 5.69 Å². The van der Waals surface area contributed by atoms with Gasteiger partial charge in [-0.15, -0.1) is 0 Å². The normalized spacial score (nSPS) is 11.2. The molecule has 37 heavy (non-hydrogen) atoms. The Balaban J connectivity index is 1.54. The Bertz CT molecular complexity index is 1660. The van der Waals surface area contributed by atoms with Crippen LogP contribution in [0.5, 0.6) is 5.75 Å². The van der Waals surface area contributed by atoms with Crippen LogP contribution >= 0.6 is 11.8 Å². The zero-order valence-corrected chi connectivity index (χ0v) is 22.0. The minimum Gasteiger partial charge on any atom is -0.494 e. The highest BCUT2D eigenvalue weighted by Crippen LogP contribution is 2.28. The van der Waals surface area contributed by atoms with E-state index < -0.39 is 0 Å². The van der Waals surface area contributed by atoms with Crippen molar-refractivity contribution in [3.05, 3.63) is 87.7 Å². The van der Waals surface area contributed by atoms with Crippen LogP contribution in [0.2, 0.25) is 0 Å². The van der Waals surface area contributed by atoms with Crippen molar-refractivity contribution in [1.82, 2.24) is 14.5 Å². The Morgan fingerprint density at radius 2 is 1.76 bits per heavy atom. The summed E-state index contributed by atoms with van der Waals surface area (Å²) in [5.74, 6) is 0.660. The summed E-state index contributed by atoms with van der Waals surface area (Å²) in [6.07, 6.45) is 0. The maximum absolute atomic E-state index is 13.7. The minimum absolute atomic E-state index is 0.101. The van der Waals surface area contributed by atoms with Gasteiger partial charge in [0.15, 0.2) is 5.16 Å². The van der Waals surface area contributed by atoms with Crippen molar-refractivity contribution in [2.75, 3.05) is 17.7 Å². The lowest BCUT2D eigenvalue weighted by Crippen LogP contribution is -2.23. The van der Waals surface area contributed by atoms with Crippen LogP contribution in [0, 0.1) is 20.8 Å². The predicted octanol–water partition coefficient (Wildman–Crippen LogP) is 5.92. The Labute approximate surface area is 218 Å².